The zero-order valence-corrected chi connectivity index (χ0v) is 12.9. The molecule has 0 aliphatic heterocycles. The molecule has 116 valence electrons. The number of carbonyl (C=O) groups excluding carboxylic acids is 1. The minimum Gasteiger partial charge on any atom is -0.396 e. The first-order valence-electron chi connectivity index (χ1n) is 6.88. The zero-order chi connectivity index (χ0) is 15.9. The Bertz CT molecular complexity index is 637. The summed E-state index contributed by atoms with van der Waals surface area (Å²) in [6.07, 6.45) is 3.68. The molecular formula is C15H17ClN4O2. The number of carbonyl (C=O) groups is 1. The molecule has 2 aromatic heterocycles. The highest BCUT2D eigenvalue weighted by Crippen LogP contribution is 2.12. The lowest BCUT2D eigenvalue weighted by Gasteiger charge is -2.14. The molecule has 0 radical (unpaired) electrons. The van der Waals surface area contributed by atoms with E-state index in [1.807, 2.05) is 18.2 Å². The quantitative estimate of drug-likeness (QED) is 0.840. The van der Waals surface area contributed by atoms with Crippen molar-refractivity contribution in [2.45, 2.75) is 13.3 Å². The van der Waals surface area contributed by atoms with Gasteiger partial charge in [0.15, 0.2) is 0 Å². The van der Waals surface area contributed by atoms with Crippen molar-refractivity contribution < 1.29 is 9.90 Å². The third-order valence-electron chi connectivity index (χ3n) is 3.11. The van der Waals surface area contributed by atoms with Gasteiger partial charge in [0.1, 0.15) is 11.5 Å². The third kappa shape index (κ3) is 4.47. The average Bonchev–Trinajstić information content (AvgIpc) is 2.54. The van der Waals surface area contributed by atoms with E-state index in [0.717, 1.165) is 5.69 Å². The van der Waals surface area contributed by atoms with E-state index in [2.05, 4.69) is 20.3 Å². The van der Waals surface area contributed by atoms with Crippen LogP contribution in [0.5, 0.6) is 0 Å². The summed E-state index contributed by atoms with van der Waals surface area (Å²) in [5.41, 5.74) is 1.01. The third-order valence-corrected chi connectivity index (χ3v) is 3.39. The van der Waals surface area contributed by atoms with Gasteiger partial charge in [0.25, 0.3) is 5.91 Å². The zero-order valence-electron chi connectivity index (χ0n) is 12.2. The maximum absolute atomic E-state index is 12.1. The summed E-state index contributed by atoms with van der Waals surface area (Å²) in [5.74, 6) is -0.0303. The van der Waals surface area contributed by atoms with E-state index in [4.69, 9.17) is 11.6 Å². The number of hydrogen-bond donors (Lipinski definition) is 2. The smallest absolute Gasteiger partial charge is 0.271 e. The fourth-order valence-corrected chi connectivity index (χ4v) is 2.13. The van der Waals surface area contributed by atoms with Crippen molar-refractivity contribution in [1.82, 2.24) is 20.3 Å². The summed E-state index contributed by atoms with van der Waals surface area (Å²) in [7, 11) is 0. The lowest BCUT2D eigenvalue weighted by molar-refractivity contribution is 0.0934. The van der Waals surface area contributed by atoms with Crippen LogP contribution >= 0.6 is 11.6 Å². The monoisotopic (exact) mass is 320 g/mol. The van der Waals surface area contributed by atoms with Crippen LogP contribution in [-0.4, -0.2) is 39.1 Å². The Labute approximate surface area is 133 Å². The van der Waals surface area contributed by atoms with Crippen LogP contribution in [-0.2, 0) is 6.42 Å². The summed E-state index contributed by atoms with van der Waals surface area (Å²) in [6.45, 7) is 1.95. The normalized spacial score (nSPS) is 12.0. The molecule has 1 amide bonds. The van der Waals surface area contributed by atoms with Gasteiger partial charge < -0.3 is 10.4 Å². The van der Waals surface area contributed by atoms with Gasteiger partial charge in [-0.15, -0.1) is 0 Å². The van der Waals surface area contributed by atoms with E-state index in [0.29, 0.717) is 18.8 Å². The predicted octanol–water partition coefficient (Wildman–Crippen LogP) is 1.41. The molecule has 0 fully saturated rings. The number of aliphatic hydroxyl groups excluding tert-OH is 1. The summed E-state index contributed by atoms with van der Waals surface area (Å²) < 4.78 is 0. The van der Waals surface area contributed by atoms with E-state index in [1.165, 1.54) is 6.20 Å². The van der Waals surface area contributed by atoms with Crippen molar-refractivity contribution in [3.05, 3.63) is 52.8 Å². The minimum absolute atomic E-state index is 0.0482. The molecule has 0 saturated carbocycles. The molecule has 2 heterocycles. The van der Waals surface area contributed by atoms with Gasteiger partial charge in [0.2, 0.25) is 0 Å². The average molecular weight is 321 g/mol. The number of nitrogens with zero attached hydrogens (tertiary/aromatic N) is 3. The van der Waals surface area contributed by atoms with Gasteiger partial charge >= 0.3 is 0 Å². The van der Waals surface area contributed by atoms with Crippen LogP contribution in [0.2, 0.25) is 5.02 Å². The fourth-order valence-electron chi connectivity index (χ4n) is 1.95. The van der Waals surface area contributed by atoms with E-state index in [1.54, 1.807) is 13.1 Å². The van der Waals surface area contributed by atoms with Crippen LogP contribution in [0.25, 0.3) is 0 Å². The Morgan fingerprint density at radius 3 is 2.91 bits per heavy atom. The highest BCUT2D eigenvalue weighted by molar-refractivity contribution is 6.33. The number of aromatic nitrogens is 3. The highest BCUT2D eigenvalue weighted by atomic mass is 35.5. The van der Waals surface area contributed by atoms with Crippen molar-refractivity contribution in [2.75, 3.05) is 13.2 Å². The Balaban J connectivity index is 1.95. The van der Waals surface area contributed by atoms with Crippen LogP contribution in [0, 0.1) is 12.8 Å². The van der Waals surface area contributed by atoms with Gasteiger partial charge in [-0.1, -0.05) is 17.7 Å². The molecule has 0 spiro atoms. The summed E-state index contributed by atoms with van der Waals surface area (Å²) in [5, 5.41) is 12.4. The second-order valence-electron chi connectivity index (χ2n) is 4.90. The second-order valence-corrected chi connectivity index (χ2v) is 5.30. The SMILES string of the molecule is Cc1ncc(Cl)c(C(=O)NCC(CO)Cc2ccccn2)n1. The molecule has 22 heavy (non-hydrogen) atoms. The first-order chi connectivity index (χ1) is 10.6. The number of amides is 1. The molecule has 0 aliphatic carbocycles. The second kappa shape index (κ2) is 7.82. The molecule has 0 saturated heterocycles. The number of aryl methyl sites for hydroxylation is 1. The molecule has 2 aromatic rings. The Kier molecular flexibility index (Phi) is 5.80. The van der Waals surface area contributed by atoms with Crippen molar-refractivity contribution in [3.8, 4) is 0 Å². The van der Waals surface area contributed by atoms with Crippen LogP contribution in [0.4, 0.5) is 0 Å². The number of halogens is 1. The van der Waals surface area contributed by atoms with Gasteiger partial charge in [-0.2, -0.15) is 0 Å². The highest BCUT2D eigenvalue weighted by Gasteiger charge is 2.16. The predicted molar refractivity (Wildman–Crippen MR) is 82.6 cm³/mol. The maximum Gasteiger partial charge on any atom is 0.271 e. The molecule has 1 atom stereocenters. The Hall–Kier alpha value is -2.05. The first kappa shape index (κ1) is 16.3. The molecule has 1 unspecified atom stereocenters. The van der Waals surface area contributed by atoms with Crippen LogP contribution in [0.3, 0.4) is 0 Å². The topological polar surface area (TPSA) is 88.0 Å². The summed E-state index contributed by atoms with van der Waals surface area (Å²) >= 11 is 5.92. The number of rotatable bonds is 6. The van der Waals surface area contributed by atoms with Gasteiger partial charge in [-0.05, 0) is 25.5 Å². The van der Waals surface area contributed by atoms with Gasteiger partial charge in [-0.25, -0.2) is 9.97 Å². The molecule has 2 rings (SSSR count). The number of aliphatic hydroxyl groups is 1. The number of pyridine rings is 1. The molecule has 7 heteroatoms. The minimum atomic E-state index is -0.380. The van der Waals surface area contributed by atoms with Crippen molar-refractivity contribution in [2.24, 2.45) is 5.92 Å². The van der Waals surface area contributed by atoms with Gasteiger partial charge in [0, 0.05) is 31.0 Å². The van der Waals surface area contributed by atoms with E-state index in [-0.39, 0.29) is 29.1 Å². The van der Waals surface area contributed by atoms with Crippen LogP contribution < -0.4 is 5.32 Å². The number of nitrogens with one attached hydrogen (secondary N) is 1. The molecule has 0 bridgehead atoms. The van der Waals surface area contributed by atoms with Gasteiger partial charge in [-0.3, -0.25) is 9.78 Å². The largest absolute Gasteiger partial charge is 0.396 e. The van der Waals surface area contributed by atoms with Crippen molar-refractivity contribution in [3.63, 3.8) is 0 Å². The summed E-state index contributed by atoms with van der Waals surface area (Å²) in [4.78, 5) is 24.3. The molecule has 0 aromatic carbocycles. The molecule has 2 N–H and O–H groups in total. The van der Waals surface area contributed by atoms with Crippen LogP contribution in [0.15, 0.2) is 30.6 Å². The lowest BCUT2D eigenvalue weighted by atomic mass is 10.0. The fraction of sp³-hybridized carbons (Fsp3) is 0.333. The van der Waals surface area contributed by atoms with Crippen molar-refractivity contribution in [1.29, 1.82) is 0 Å². The van der Waals surface area contributed by atoms with Crippen LogP contribution in [0.1, 0.15) is 22.0 Å². The first-order valence-corrected chi connectivity index (χ1v) is 7.26. The van der Waals surface area contributed by atoms with E-state index in [9.17, 15) is 9.90 Å². The Morgan fingerprint density at radius 2 is 2.23 bits per heavy atom. The summed E-state index contributed by atoms with van der Waals surface area (Å²) in [6, 6.07) is 5.60. The standard InChI is InChI=1S/C15H17ClN4O2/c1-10-18-8-13(16)14(20-10)15(22)19-7-11(9-21)6-12-4-2-3-5-17-12/h2-5,8,11,21H,6-7,9H2,1H3,(H,19,22). The van der Waals surface area contributed by atoms with E-state index < -0.39 is 0 Å². The molecular weight excluding hydrogens is 304 g/mol. The maximum atomic E-state index is 12.1. The van der Waals surface area contributed by atoms with E-state index >= 15 is 0 Å². The number of hydrogen-bond acceptors (Lipinski definition) is 5. The van der Waals surface area contributed by atoms with Gasteiger partial charge in [0.05, 0.1) is 11.2 Å². The molecule has 6 nitrogen and oxygen atoms in total. The lowest BCUT2D eigenvalue weighted by Crippen LogP contribution is -2.32. The van der Waals surface area contributed by atoms with Crippen molar-refractivity contribution >= 4 is 17.5 Å². The Morgan fingerprint density at radius 1 is 1.41 bits per heavy atom. The molecule has 0 aliphatic rings.